The van der Waals surface area contributed by atoms with Crippen molar-refractivity contribution < 1.29 is 52.7 Å². The number of carbonyl (C=O) groups excluding carboxylic acids is 11. The zero-order valence-electron chi connectivity index (χ0n) is 51.6. The lowest BCUT2D eigenvalue weighted by molar-refractivity contribution is -0.136. The van der Waals surface area contributed by atoms with Crippen LogP contribution in [0.3, 0.4) is 0 Å². The van der Waals surface area contributed by atoms with Gasteiger partial charge < -0.3 is 110 Å². The minimum atomic E-state index is -1.63. The van der Waals surface area contributed by atoms with E-state index in [2.05, 4.69) is 62.8 Å². The van der Waals surface area contributed by atoms with Crippen LogP contribution in [0.4, 0.5) is 0 Å². The summed E-state index contributed by atoms with van der Waals surface area (Å²) in [6.45, 7) is 0.855. The molecule has 0 fully saturated rings. The van der Waals surface area contributed by atoms with Gasteiger partial charge in [0.05, 0.1) is 12.5 Å². The number of rotatable bonds is 48. The second kappa shape index (κ2) is 43.4. The third-order valence-corrected chi connectivity index (χ3v) is 14.9. The number of aliphatic imine (C=N–C) groups is 2. The average Bonchev–Trinajstić information content (AvgIpc) is 1.71. The van der Waals surface area contributed by atoms with Crippen molar-refractivity contribution in [3.63, 3.8) is 0 Å². The molecule has 0 bridgehead atoms. The highest BCUT2D eigenvalue weighted by atomic mass is 32.2. The number of hydrogen-bond donors (Lipinski definition) is 20. The molecule has 9 unspecified atom stereocenters. The summed E-state index contributed by atoms with van der Waals surface area (Å²) in [7, 11) is 1.42. The number of guanidine groups is 2. The van der Waals surface area contributed by atoms with Gasteiger partial charge in [0, 0.05) is 43.0 Å². The maximum absolute atomic E-state index is 14.8. The van der Waals surface area contributed by atoms with Crippen LogP contribution in [0.15, 0.2) is 40.4 Å². The number of H-pyrrole nitrogens is 1. The molecule has 30 N–H and O–H groups in total. The van der Waals surface area contributed by atoms with Crippen LogP contribution in [-0.2, 0) is 59.2 Å². The largest absolute Gasteiger partial charge is 0.370 e. The van der Waals surface area contributed by atoms with Crippen molar-refractivity contribution in [2.24, 2.45) is 67.3 Å². The lowest BCUT2D eigenvalue weighted by atomic mass is 10.0. The average molecular weight is 1290 g/mol. The number of nitrogens with one attached hydrogen (secondary N) is 10. The maximum Gasteiger partial charge on any atom is 0.243 e. The van der Waals surface area contributed by atoms with Gasteiger partial charge in [0.25, 0.3) is 0 Å². The summed E-state index contributed by atoms with van der Waals surface area (Å²) in [5.74, 6) is -9.38. The van der Waals surface area contributed by atoms with Crippen LogP contribution in [0.1, 0.15) is 115 Å². The number of amides is 11. The van der Waals surface area contributed by atoms with Crippen molar-refractivity contribution in [2.75, 3.05) is 51.8 Å². The van der Waals surface area contributed by atoms with Crippen LogP contribution >= 0.6 is 11.8 Å². The van der Waals surface area contributed by atoms with Crippen LogP contribution in [0.25, 0.3) is 10.9 Å². The SMILES string of the molecule is CNC(CCC(N)=O)C(=O)NC(CC(N)=O)C(=O)NC(CCCN=C(N)N)C(=O)NC(CCCN=C(N)N)C(=O)NC(CCSC)C(=O)NC(CCCCN)C(=O)NC(Cc1c[nH]c2ccccc12)C(=O)NC(CCCCN)C(=O)NC(CCCCN)C(N)=O. The molecule has 0 aliphatic heterocycles. The molecule has 1 heterocycles. The van der Waals surface area contributed by atoms with Gasteiger partial charge in [-0.15, -0.1) is 0 Å². The van der Waals surface area contributed by atoms with E-state index in [4.69, 9.17) is 57.3 Å². The van der Waals surface area contributed by atoms with Gasteiger partial charge >= 0.3 is 0 Å². The number of thioether (sulfide) groups is 1. The van der Waals surface area contributed by atoms with Gasteiger partial charge in [-0.25, -0.2) is 0 Å². The number of unbranched alkanes of at least 4 members (excludes halogenated alkanes) is 3. The van der Waals surface area contributed by atoms with Gasteiger partial charge in [0.15, 0.2) is 11.9 Å². The zero-order chi connectivity index (χ0) is 67.1. The Morgan fingerprint density at radius 1 is 0.456 bits per heavy atom. The molecule has 0 saturated carbocycles. The molecule has 33 nitrogen and oxygen atoms in total. The van der Waals surface area contributed by atoms with Crippen molar-refractivity contribution >= 4 is 99.6 Å². The Morgan fingerprint density at radius 3 is 1.24 bits per heavy atom. The highest BCUT2D eigenvalue weighted by Gasteiger charge is 2.36. The first-order valence-electron chi connectivity index (χ1n) is 30.1. The number of aromatic amines is 1. The molecule has 9 atom stereocenters. The number of primary amides is 3. The number of nitrogens with zero attached hydrogens (tertiary/aromatic N) is 2. The molecule has 0 aliphatic rings. The zero-order valence-corrected chi connectivity index (χ0v) is 52.4. The lowest BCUT2D eigenvalue weighted by Crippen LogP contribution is -2.60. The second-order valence-corrected chi connectivity index (χ2v) is 22.5. The number of para-hydroxylation sites is 1. The monoisotopic (exact) mass is 1290 g/mol. The first kappa shape index (κ1) is 77.8. The summed E-state index contributed by atoms with van der Waals surface area (Å²) in [5.41, 5.74) is 57.3. The van der Waals surface area contributed by atoms with Gasteiger partial charge in [-0.3, -0.25) is 62.7 Å². The Morgan fingerprint density at radius 2 is 0.833 bits per heavy atom. The van der Waals surface area contributed by atoms with Crippen molar-refractivity contribution in [1.82, 2.24) is 52.8 Å². The molecule has 2 rings (SSSR count). The summed E-state index contributed by atoms with van der Waals surface area (Å²) in [6.07, 6.45) is 5.27. The molecule has 11 amide bonds. The Kier molecular flexibility index (Phi) is 37.5. The number of likely N-dealkylation sites (N-methyl/N-ethyl adjacent to an activating group) is 1. The van der Waals surface area contributed by atoms with Crippen molar-refractivity contribution in [2.45, 2.75) is 170 Å². The van der Waals surface area contributed by atoms with Gasteiger partial charge in [-0.05, 0) is 147 Å². The topological polar surface area (TPSA) is 597 Å². The molecule has 1 aromatic heterocycles. The predicted molar refractivity (Wildman–Crippen MR) is 343 cm³/mol. The number of aromatic nitrogens is 1. The highest BCUT2D eigenvalue weighted by Crippen LogP contribution is 2.20. The van der Waals surface area contributed by atoms with E-state index in [0.717, 1.165) is 10.9 Å². The Bertz CT molecular complexity index is 2710. The number of benzene rings is 1. The Balaban J connectivity index is 2.63. The molecule has 1 aromatic carbocycles. The minimum absolute atomic E-state index is 0.000757. The minimum Gasteiger partial charge on any atom is -0.370 e. The Hall–Kier alpha value is -8.34. The van der Waals surface area contributed by atoms with Gasteiger partial charge in [-0.2, -0.15) is 11.8 Å². The molecule has 34 heteroatoms. The smallest absolute Gasteiger partial charge is 0.243 e. The first-order chi connectivity index (χ1) is 42.9. The van der Waals surface area contributed by atoms with E-state index >= 15 is 0 Å². The van der Waals surface area contributed by atoms with Gasteiger partial charge in [0.1, 0.15) is 48.3 Å². The van der Waals surface area contributed by atoms with Crippen LogP contribution in [0, 0.1) is 0 Å². The lowest BCUT2D eigenvalue weighted by Gasteiger charge is -2.28. The summed E-state index contributed by atoms with van der Waals surface area (Å²) < 4.78 is 0. The van der Waals surface area contributed by atoms with E-state index in [-0.39, 0.29) is 102 Å². The van der Waals surface area contributed by atoms with E-state index in [0.29, 0.717) is 62.9 Å². The summed E-state index contributed by atoms with van der Waals surface area (Å²) >= 11 is 1.34. The molecule has 90 heavy (non-hydrogen) atoms. The normalized spacial score (nSPS) is 14.1. The second-order valence-electron chi connectivity index (χ2n) is 21.5. The fourth-order valence-electron chi connectivity index (χ4n) is 9.36. The van der Waals surface area contributed by atoms with Crippen LogP contribution in [0.5, 0.6) is 0 Å². The highest BCUT2D eigenvalue weighted by molar-refractivity contribution is 7.98. The Labute approximate surface area is 528 Å². The molecule has 0 spiro atoms. The molecular formula is C56H98N22O11S. The van der Waals surface area contributed by atoms with E-state index in [1.807, 2.05) is 18.2 Å². The number of carbonyl (C=O) groups is 11. The summed E-state index contributed by atoms with van der Waals surface area (Å²) in [5, 5.41) is 24.8. The van der Waals surface area contributed by atoms with E-state index in [1.54, 1.807) is 18.5 Å². The fourth-order valence-corrected chi connectivity index (χ4v) is 9.83. The van der Waals surface area contributed by atoms with Crippen LogP contribution < -0.4 is 105 Å². The quantitative estimate of drug-likeness (QED) is 0.0167. The van der Waals surface area contributed by atoms with Crippen molar-refractivity contribution in [1.29, 1.82) is 0 Å². The fraction of sp³-hybridized carbons (Fsp3) is 0.625. The summed E-state index contributed by atoms with van der Waals surface area (Å²) in [4.78, 5) is 162. The summed E-state index contributed by atoms with van der Waals surface area (Å²) in [6, 6.07) is -4.68. The molecular weight excluding hydrogens is 1190 g/mol. The van der Waals surface area contributed by atoms with E-state index in [9.17, 15) is 52.7 Å². The van der Waals surface area contributed by atoms with Gasteiger partial charge in [-0.1, -0.05) is 18.2 Å². The number of nitrogens with two attached hydrogens (primary N) is 10. The third-order valence-electron chi connectivity index (χ3n) is 14.3. The maximum atomic E-state index is 14.8. The molecule has 0 saturated heterocycles. The van der Waals surface area contributed by atoms with Crippen LogP contribution in [-0.4, -0.2) is 188 Å². The van der Waals surface area contributed by atoms with Gasteiger partial charge in [0.2, 0.25) is 65.0 Å². The van der Waals surface area contributed by atoms with Crippen LogP contribution in [0.2, 0.25) is 0 Å². The van der Waals surface area contributed by atoms with E-state index in [1.165, 1.54) is 18.8 Å². The molecule has 0 radical (unpaired) electrons. The number of fused-ring (bicyclic) bond motifs is 1. The number of hydrogen-bond acceptors (Lipinski definition) is 18. The van der Waals surface area contributed by atoms with E-state index < -0.39 is 126 Å². The standard InChI is InChI=1S/C56H98N22O11S/c1-67-36(20-21-44(60)79)47(82)78-43(30-45(61)80)54(89)75-40(19-12-27-69-56(65)66)49(84)73-39(18-11-26-68-55(63)64)50(85)76-41(22-28-90-2)52(87)72-38(17-7-10-25-59)51(86)77-42(29-32-31-70-34-14-4-3-13-33(32)34)53(88)74-37(16-6-9-24-58)48(83)71-35(46(62)81)15-5-8-23-57/h3-4,13-14,31,35-43,67,70H,5-12,15-30,57-59H2,1-2H3,(H2,60,79)(H2,61,80)(H2,62,81)(H,71,83)(H,72,87)(H,73,84)(H,74,88)(H,75,89)(H,76,85)(H,77,86)(H,78,82)(H4,63,64,68)(H4,65,66,69). The third kappa shape index (κ3) is 30.2. The first-order valence-corrected chi connectivity index (χ1v) is 31.5. The van der Waals surface area contributed by atoms with Crippen molar-refractivity contribution in [3.8, 4) is 0 Å². The predicted octanol–water partition coefficient (Wildman–Crippen LogP) is -5.95. The molecule has 2 aromatic rings. The molecule has 0 aliphatic carbocycles. The molecule has 504 valence electrons. The van der Waals surface area contributed by atoms with Crippen molar-refractivity contribution in [3.05, 3.63) is 36.0 Å².